The summed E-state index contributed by atoms with van der Waals surface area (Å²) in [5, 5.41) is 10.3. The van der Waals surface area contributed by atoms with Crippen LogP contribution in [0.4, 0.5) is 0 Å². The average molecular weight is 897 g/mol. The molecule has 326 valence electrons. The van der Waals surface area contributed by atoms with E-state index in [9.17, 15) is 0 Å². The predicted octanol–water partition coefficient (Wildman–Crippen LogP) is 14.5. The fourth-order valence-electron chi connectivity index (χ4n) is 11.3. The molecule has 13 aromatic rings. The molecule has 0 unspecified atom stereocenters. The van der Waals surface area contributed by atoms with E-state index in [0.717, 1.165) is 38.8 Å². The van der Waals surface area contributed by atoms with E-state index in [-0.39, 0.29) is 0 Å². The molecule has 2 heterocycles. The summed E-state index contributed by atoms with van der Waals surface area (Å²) in [7, 11) is -3.11. The minimum absolute atomic E-state index is 0.879. The molecule has 0 saturated heterocycles. The second-order valence-corrected chi connectivity index (χ2v) is 22.7. The molecule has 0 spiro atoms. The van der Waals surface area contributed by atoms with Crippen molar-refractivity contribution < 1.29 is 4.42 Å². The van der Waals surface area contributed by atoms with Gasteiger partial charge in [0, 0.05) is 21.8 Å². The van der Waals surface area contributed by atoms with Crippen molar-refractivity contribution in [1.82, 2.24) is 4.57 Å². The minimum Gasteiger partial charge on any atom is -0.0617 e. The second-order valence-electron chi connectivity index (χ2n) is 18.3. The molecule has 0 atom stereocenters. The van der Waals surface area contributed by atoms with Gasteiger partial charge in [-0.3, -0.25) is 0 Å². The molecular weight excluding hydrogens is 851 g/mol. The van der Waals surface area contributed by atoms with E-state index in [1.54, 1.807) is 0 Å². The van der Waals surface area contributed by atoms with Gasteiger partial charge >= 0.3 is 250 Å². The van der Waals surface area contributed by atoms with Gasteiger partial charge in [-0.2, -0.15) is 0 Å². The number of aromatic nitrogens is 1. The van der Waals surface area contributed by atoms with E-state index in [1.807, 2.05) is 0 Å². The maximum absolute atomic E-state index is 6.50. The molecule has 0 N–H and O–H groups in total. The van der Waals surface area contributed by atoms with Crippen molar-refractivity contribution in [1.29, 1.82) is 0 Å². The molecule has 11 aromatic carbocycles. The van der Waals surface area contributed by atoms with Gasteiger partial charge in [0.1, 0.15) is 11.2 Å². The molecule has 13 rings (SSSR count). The summed E-state index contributed by atoms with van der Waals surface area (Å²) in [6.07, 6.45) is 0. The third kappa shape index (κ3) is 6.94. The van der Waals surface area contributed by atoms with Gasteiger partial charge in [-0.05, 0) is 47.5 Å². The standard InChI is InChI=1S/C66H46NOSi/c1-5-18-46(19-6-1)52-34-37-64-60(43-52)59-32-13-14-33-63(59)67(64)54-36-39-66-62(45-54)61-44-53(35-38-65(61)68-66)50-23-16-21-48(41-50)47-20-15-22-49(40-47)51-24-17-31-58(42-51)69(55-25-7-2-8-26-55,56-27-9-3-10-28-56)57-29-11-4-12-30-57/h1-45,69H/q-1. The van der Waals surface area contributed by atoms with Crippen molar-refractivity contribution in [3.05, 3.63) is 273 Å². The molecular formula is C66H46NOSi-. The Morgan fingerprint density at radius 3 is 1.26 bits per heavy atom. The number of furan rings is 1. The van der Waals surface area contributed by atoms with Crippen molar-refractivity contribution in [2.24, 2.45) is 0 Å². The molecule has 0 bridgehead atoms. The van der Waals surface area contributed by atoms with Gasteiger partial charge in [0.05, 0.1) is 11.0 Å². The van der Waals surface area contributed by atoms with Crippen LogP contribution < -0.4 is 20.7 Å². The molecule has 0 aliphatic heterocycles. The predicted molar refractivity (Wildman–Crippen MR) is 295 cm³/mol. The topological polar surface area (TPSA) is 18.1 Å². The zero-order valence-electron chi connectivity index (χ0n) is 37.9. The van der Waals surface area contributed by atoms with Crippen LogP contribution in [0.15, 0.2) is 277 Å². The fraction of sp³-hybridized carbons (Fsp3) is 0. The summed E-state index contributed by atoms with van der Waals surface area (Å²) >= 11 is 0. The van der Waals surface area contributed by atoms with E-state index in [1.165, 1.54) is 75.9 Å². The minimum atomic E-state index is -3.11. The number of para-hydroxylation sites is 1. The van der Waals surface area contributed by atoms with Gasteiger partial charge in [0.2, 0.25) is 0 Å². The molecule has 0 fully saturated rings. The third-order valence-electron chi connectivity index (χ3n) is 14.5. The Kier molecular flexibility index (Phi) is 9.88. The van der Waals surface area contributed by atoms with Crippen LogP contribution in [0.5, 0.6) is 0 Å². The number of rotatable bonds is 9. The first-order chi connectivity index (χ1) is 34.2. The van der Waals surface area contributed by atoms with Crippen molar-refractivity contribution in [3.8, 4) is 50.2 Å². The summed E-state index contributed by atoms with van der Waals surface area (Å²) in [5.41, 5.74) is 14.7. The fourth-order valence-corrected chi connectivity index (χ4v) is 16.8. The monoisotopic (exact) mass is 896 g/mol. The molecule has 0 amide bonds. The number of nitrogens with zero attached hydrogens (tertiary/aromatic N) is 1. The smallest absolute Gasteiger partial charge is 0.0617 e. The van der Waals surface area contributed by atoms with Gasteiger partial charge in [-0.1, -0.05) is 54.6 Å². The first kappa shape index (κ1) is 40.5. The van der Waals surface area contributed by atoms with E-state index >= 15 is 0 Å². The molecule has 2 aromatic heterocycles. The summed E-state index contributed by atoms with van der Waals surface area (Å²) in [4.78, 5) is 0. The summed E-state index contributed by atoms with van der Waals surface area (Å²) in [6.45, 7) is 0. The van der Waals surface area contributed by atoms with E-state index in [4.69, 9.17) is 4.42 Å². The van der Waals surface area contributed by atoms with Crippen LogP contribution in [0.3, 0.4) is 0 Å². The molecule has 0 saturated carbocycles. The Morgan fingerprint density at radius 2 is 0.652 bits per heavy atom. The Morgan fingerprint density at radius 1 is 0.246 bits per heavy atom. The zero-order valence-corrected chi connectivity index (χ0v) is 39.1. The number of hydrogen-bond donors (Lipinski definition) is 0. The summed E-state index contributed by atoms with van der Waals surface area (Å²) in [6, 6.07) is 100. The Hall–Kier alpha value is -8.76. The van der Waals surface area contributed by atoms with Crippen LogP contribution in [-0.2, 0) is 0 Å². The molecule has 0 aliphatic rings. The second kappa shape index (κ2) is 16.8. The Bertz CT molecular complexity index is 3910. The quantitative estimate of drug-likeness (QED) is 0.104. The normalized spacial score (nSPS) is 12.0. The van der Waals surface area contributed by atoms with Gasteiger partial charge in [0.15, 0.2) is 0 Å². The third-order valence-corrected chi connectivity index (χ3v) is 20.0. The molecule has 2 nitrogen and oxygen atoms in total. The van der Waals surface area contributed by atoms with Crippen molar-refractivity contribution in [2.45, 2.75) is 0 Å². The number of fused-ring (bicyclic) bond motifs is 6. The average Bonchev–Trinajstić information content (AvgIpc) is 3.97. The van der Waals surface area contributed by atoms with E-state index < -0.39 is 8.07 Å². The van der Waals surface area contributed by atoms with Crippen LogP contribution >= 0.6 is 0 Å². The zero-order chi connectivity index (χ0) is 45.7. The molecule has 69 heavy (non-hydrogen) atoms. The maximum atomic E-state index is 6.50. The molecule has 0 aliphatic carbocycles. The van der Waals surface area contributed by atoms with Crippen molar-refractivity contribution >= 4 is 72.6 Å². The van der Waals surface area contributed by atoms with Crippen molar-refractivity contribution in [2.75, 3.05) is 0 Å². The summed E-state index contributed by atoms with van der Waals surface area (Å²) < 4.78 is 8.89. The van der Waals surface area contributed by atoms with Crippen LogP contribution in [0, 0.1) is 0 Å². The van der Waals surface area contributed by atoms with Gasteiger partial charge in [-0.25, -0.2) is 0 Å². The van der Waals surface area contributed by atoms with Crippen LogP contribution in [-0.4, -0.2) is 12.6 Å². The van der Waals surface area contributed by atoms with Gasteiger partial charge in [-0.15, -0.1) is 0 Å². The number of hydrogen-bond acceptors (Lipinski definition) is 1. The Balaban J connectivity index is 0.870. The number of benzene rings is 11. The van der Waals surface area contributed by atoms with E-state index in [0.29, 0.717) is 0 Å². The first-order valence-electron chi connectivity index (χ1n) is 23.9. The summed E-state index contributed by atoms with van der Waals surface area (Å²) in [5.74, 6) is 0. The van der Waals surface area contributed by atoms with Gasteiger partial charge < -0.3 is 8.98 Å². The van der Waals surface area contributed by atoms with Crippen LogP contribution in [0.2, 0.25) is 0 Å². The van der Waals surface area contributed by atoms with Crippen LogP contribution in [0.25, 0.3) is 93.9 Å². The SMILES string of the molecule is c1ccc(-c2ccc3c(c2)c2ccccc2n3-c2ccc3oc4ccc(-c5cccc(-c6cccc(-c7cccc([SiH-](c8ccccc8)(c8ccccc8)c8ccccc8)c7)c6)c5)cc4c3c2)cc1. The molecule has 3 heteroatoms. The van der Waals surface area contributed by atoms with Crippen molar-refractivity contribution in [3.63, 3.8) is 0 Å². The first-order valence-corrected chi connectivity index (χ1v) is 26.2. The van der Waals surface area contributed by atoms with Gasteiger partial charge in [0.25, 0.3) is 0 Å². The Labute approximate surface area is 402 Å². The van der Waals surface area contributed by atoms with Crippen LogP contribution in [0.1, 0.15) is 0 Å². The van der Waals surface area contributed by atoms with E-state index in [2.05, 4.69) is 278 Å². The molecule has 0 radical (unpaired) electrons.